The molecular formula is C12H20N4O2. The fraction of sp³-hybridized carbons (Fsp3) is 0.500. The highest BCUT2D eigenvalue weighted by Gasteiger charge is 2.04. The monoisotopic (exact) mass is 252 g/mol. The van der Waals surface area contributed by atoms with E-state index in [2.05, 4.69) is 22.4 Å². The maximum absolute atomic E-state index is 8.59. The Balaban J connectivity index is 2.52. The summed E-state index contributed by atoms with van der Waals surface area (Å²) in [6, 6.07) is 3.94. The zero-order chi connectivity index (χ0) is 13.4. The van der Waals surface area contributed by atoms with E-state index in [9.17, 15) is 0 Å². The molecule has 0 aliphatic rings. The molecule has 0 amide bonds. The minimum absolute atomic E-state index is 0.0132. The highest BCUT2D eigenvalue weighted by Crippen LogP contribution is 2.02. The van der Waals surface area contributed by atoms with Gasteiger partial charge in [-0.2, -0.15) is 0 Å². The highest BCUT2D eigenvalue weighted by atomic mass is 16.5. The summed E-state index contributed by atoms with van der Waals surface area (Å²) in [5.74, 6) is 0.0132. The van der Waals surface area contributed by atoms with E-state index in [1.165, 1.54) is 0 Å². The molecule has 0 aliphatic heterocycles. The summed E-state index contributed by atoms with van der Waals surface area (Å²) in [6.45, 7) is 6.10. The van der Waals surface area contributed by atoms with Gasteiger partial charge in [-0.3, -0.25) is 4.98 Å². The van der Waals surface area contributed by atoms with Gasteiger partial charge in [0.15, 0.2) is 5.84 Å². The molecule has 0 saturated heterocycles. The number of ether oxygens (including phenoxy) is 1. The van der Waals surface area contributed by atoms with E-state index >= 15 is 0 Å². The fourth-order valence-electron chi connectivity index (χ4n) is 1.42. The average Bonchev–Trinajstić information content (AvgIpc) is 2.42. The summed E-state index contributed by atoms with van der Waals surface area (Å²) in [6.07, 6.45) is 1.64. The zero-order valence-electron chi connectivity index (χ0n) is 10.8. The molecule has 0 saturated carbocycles. The lowest BCUT2D eigenvalue weighted by Gasteiger charge is -2.13. The zero-order valence-corrected chi connectivity index (χ0v) is 10.8. The Hall–Kier alpha value is -1.66. The molecule has 1 aromatic heterocycles. The Morgan fingerprint density at radius 1 is 1.67 bits per heavy atom. The SMILES string of the molecule is CCOCC(C)NCc1ccnc(C(N)=NO)c1. The van der Waals surface area contributed by atoms with Gasteiger partial charge in [0, 0.05) is 25.4 Å². The maximum Gasteiger partial charge on any atom is 0.188 e. The minimum atomic E-state index is 0.0132. The fourth-order valence-corrected chi connectivity index (χ4v) is 1.42. The van der Waals surface area contributed by atoms with Crippen LogP contribution in [0.3, 0.4) is 0 Å². The molecule has 4 N–H and O–H groups in total. The standard InChI is InChI=1S/C12H20N4O2/c1-3-18-8-9(2)15-7-10-4-5-14-11(6-10)12(13)16-17/h4-6,9,15,17H,3,7-8H2,1-2H3,(H2,13,16). The lowest BCUT2D eigenvalue weighted by atomic mass is 10.2. The van der Waals surface area contributed by atoms with Crippen LogP contribution in [0.15, 0.2) is 23.5 Å². The molecule has 0 fully saturated rings. The number of pyridine rings is 1. The average molecular weight is 252 g/mol. The summed E-state index contributed by atoms with van der Waals surface area (Å²) < 4.78 is 5.32. The number of aromatic nitrogens is 1. The largest absolute Gasteiger partial charge is 0.409 e. The van der Waals surface area contributed by atoms with Crippen LogP contribution in [0.4, 0.5) is 0 Å². The number of nitrogens with two attached hydrogens (primary N) is 1. The number of rotatable bonds is 7. The van der Waals surface area contributed by atoms with Crippen LogP contribution in [0.2, 0.25) is 0 Å². The van der Waals surface area contributed by atoms with Gasteiger partial charge >= 0.3 is 0 Å². The van der Waals surface area contributed by atoms with Gasteiger partial charge in [0.25, 0.3) is 0 Å². The van der Waals surface area contributed by atoms with Crippen molar-refractivity contribution < 1.29 is 9.94 Å². The van der Waals surface area contributed by atoms with Gasteiger partial charge in [-0.1, -0.05) is 5.16 Å². The van der Waals surface area contributed by atoms with Crippen molar-refractivity contribution in [1.82, 2.24) is 10.3 Å². The van der Waals surface area contributed by atoms with E-state index in [0.717, 1.165) is 12.2 Å². The number of nitrogens with one attached hydrogen (secondary N) is 1. The molecule has 1 unspecified atom stereocenters. The van der Waals surface area contributed by atoms with Crippen LogP contribution in [-0.4, -0.2) is 35.3 Å². The number of hydrogen-bond donors (Lipinski definition) is 3. The second kappa shape index (κ2) is 7.62. The third-order valence-electron chi connectivity index (χ3n) is 2.42. The minimum Gasteiger partial charge on any atom is -0.409 e. The van der Waals surface area contributed by atoms with Gasteiger partial charge in [-0.05, 0) is 31.5 Å². The van der Waals surface area contributed by atoms with E-state index in [4.69, 9.17) is 15.7 Å². The van der Waals surface area contributed by atoms with Crippen LogP contribution in [-0.2, 0) is 11.3 Å². The lowest BCUT2D eigenvalue weighted by molar-refractivity contribution is 0.127. The molecule has 0 aliphatic carbocycles. The first-order chi connectivity index (χ1) is 8.67. The van der Waals surface area contributed by atoms with Gasteiger partial charge < -0.3 is 21.0 Å². The Morgan fingerprint density at radius 2 is 2.44 bits per heavy atom. The smallest absolute Gasteiger partial charge is 0.188 e. The summed E-state index contributed by atoms with van der Waals surface area (Å²) in [4.78, 5) is 4.02. The molecular weight excluding hydrogens is 232 g/mol. The maximum atomic E-state index is 8.59. The molecule has 6 heteroatoms. The van der Waals surface area contributed by atoms with Crippen molar-refractivity contribution >= 4 is 5.84 Å². The van der Waals surface area contributed by atoms with Crippen LogP contribution in [0, 0.1) is 0 Å². The van der Waals surface area contributed by atoms with Gasteiger partial charge in [0.1, 0.15) is 5.69 Å². The molecule has 1 rings (SSSR count). The molecule has 1 atom stereocenters. The van der Waals surface area contributed by atoms with Gasteiger partial charge in [0.05, 0.1) is 6.61 Å². The summed E-state index contributed by atoms with van der Waals surface area (Å²) in [5, 5.41) is 14.8. The number of hydrogen-bond acceptors (Lipinski definition) is 5. The van der Waals surface area contributed by atoms with Crippen molar-refractivity contribution in [2.75, 3.05) is 13.2 Å². The van der Waals surface area contributed by atoms with Crippen LogP contribution < -0.4 is 11.1 Å². The van der Waals surface area contributed by atoms with E-state index in [0.29, 0.717) is 18.8 Å². The Kier molecular flexibility index (Phi) is 6.10. The van der Waals surface area contributed by atoms with Gasteiger partial charge in [-0.25, -0.2) is 0 Å². The highest BCUT2D eigenvalue weighted by molar-refractivity contribution is 5.95. The van der Waals surface area contributed by atoms with Gasteiger partial charge in [0.2, 0.25) is 0 Å². The van der Waals surface area contributed by atoms with E-state index < -0.39 is 0 Å². The third-order valence-corrected chi connectivity index (χ3v) is 2.42. The Labute approximate surface area is 107 Å². The Bertz CT molecular complexity index is 395. The molecule has 0 spiro atoms. The molecule has 18 heavy (non-hydrogen) atoms. The molecule has 100 valence electrons. The molecule has 0 radical (unpaired) electrons. The summed E-state index contributed by atoms with van der Waals surface area (Å²) in [7, 11) is 0. The van der Waals surface area contributed by atoms with Crippen molar-refractivity contribution in [3.8, 4) is 0 Å². The van der Waals surface area contributed by atoms with Gasteiger partial charge in [-0.15, -0.1) is 0 Å². The van der Waals surface area contributed by atoms with Crippen molar-refractivity contribution in [2.45, 2.75) is 26.4 Å². The predicted molar refractivity (Wildman–Crippen MR) is 69.5 cm³/mol. The molecule has 6 nitrogen and oxygen atoms in total. The first-order valence-corrected chi connectivity index (χ1v) is 5.91. The van der Waals surface area contributed by atoms with Crippen molar-refractivity contribution in [3.63, 3.8) is 0 Å². The van der Waals surface area contributed by atoms with Crippen molar-refractivity contribution in [3.05, 3.63) is 29.6 Å². The topological polar surface area (TPSA) is 92.8 Å². The first-order valence-electron chi connectivity index (χ1n) is 5.91. The lowest BCUT2D eigenvalue weighted by Crippen LogP contribution is -2.30. The third kappa shape index (κ3) is 4.68. The summed E-state index contributed by atoms with van der Waals surface area (Å²) >= 11 is 0. The van der Waals surface area contributed by atoms with Crippen LogP contribution in [0.25, 0.3) is 0 Å². The number of amidine groups is 1. The van der Waals surface area contributed by atoms with Crippen LogP contribution in [0.1, 0.15) is 25.1 Å². The predicted octanol–water partition coefficient (Wildman–Crippen LogP) is 0.691. The molecule has 0 bridgehead atoms. The Morgan fingerprint density at radius 3 is 3.11 bits per heavy atom. The second-order valence-electron chi connectivity index (χ2n) is 3.98. The molecule has 0 aromatic carbocycles. The van der Waals surface area contributed by atoms with Crippen molar-refractivity contribution in [1.29, 1.82) is 0 Å². The van der Waals surface area contributed by atoms with Crippen LogP contribution in [0.5, 0.6) is 0 Å². The number of nitrogens with zero attached hydrogens (tertiary/aromatic N) is 2. The second-order valence-corrected chi connectivity index (χ2v) is 3.98. The molecule has 1 aromatic rings. The normalized spacial score (nSPS) is 13.6. The van der Waals surface area contributed by atoms with Crippen molar-refractivity contribution in [2.24, 2.45) is 10.9 Å². The van der Waals surface area contributed by atoms with E-state index in [1.807, 2.05) is 13.0 Å². The van der Waals surface area contributed by atoms with Crippen LogP contribution >= 0.6 is 0 Å². The first kappa shape index (κ1) is 14.4. The van der Waals surface area contributed by atoms with E-state index in [-0.39, 0.29) is 11.9 Å². The molecule has 1 heterocycles. The quantitative estimate of drug-likeness (QED) is 0.287. The van der Waals surface area contributed by atoms with E-state index in [1.54, 1.807) is 12.3 Å². The summed E-state index contributed by atoms with van der Waals surface area (Å²) in [5.41, 5.74) is 6.97. The number of oxime groups is 1.